The fourth-order valence-corrected chi connectivity index (χ4v) is 0.810. The minimum absolute atomic E-state index is 0.213. The summed E-state index contributed by atoms with van der Waals surface area (Å²) in [6.07, 6.45) is 1.50. The fraction of sp³-hybridized carbons (Fsp3) is 0.375. The average molecular weight is 197 g/mol. The first-order chi connectivity index (χ1) is 6.72. The summed E-state index contributed by atoms with van der Waals surface area (Å²) in [4.78, 5) is 18.0. The number of hydrogen-bond acceptors (Lipinski definition) is 5. The molecule has 1 heterocycles. The minimum atomic E-state index is -0.963. The molecule has 6 heteroatoms. The highest BCUT2D eigenvalue weighted by Gasteiger charge is 2.01. The van der Waals surface area contributed by atoms with E-state index in [1.54, 1.807) is 6.07 Å². The number of carboxylic acid groups (broad SMARTS) is 1. The van der Waals surface area contributed by atoms with Crippen molar-refractivity contribution in [2.75, 3.05) is 18.5 Å². The molecule has 0 bridgehead atoms. The molecular formula is C8H11N3O3. The Balaban J connectivity index is 2.58. The SMILES string of the molecule is CCOc1ccnc(NCC(=O)O)n1. The molecule has 1 aromatic heterocycles. The van der Waals surface area contributed by atoms with Crippen molar-refractivity contribution in [3.8, 4) is 5.88 Å². The molecule has 0 aliphatic carbocycles. The number of anilines is 1. The van der Waals surface area contributed by atoms with Gasteiger partial charge >= 0.3 is 5.97 Å². The molecule has 0 spiro atoms. The van der Waals surface area contributed by atoms with Gasteiger partial charge in [-0.1, -0.05) is 0 Å². The highest BCUT2D eigenvalue weighted by molar-refractivity contribution is 5.71. The maximum absolute atomic E-state index is 10.2. The topological polar surface area (TPSA) is 84.3 Å². The second-order valence-corrected chi connectivity index (χ2v) is 2.40. The molecule has 6 nitrogen and oxygen atoms in total. The maximum Gasteiger partial charge on any atom is 0.322 e. The van der Waals surface area contributed by atoms with Crippen molar-refractivity contribution in [3.05, 3.63) is 12.3 Å². The van der Waals surface area contributed by atoms with Crippen LogP contribution >= 0.6 is 0 Å². The van der Waals surface area contributed by atoms with E-state index in [4.69, 9.17) is 9.84 Å². The number of nitrogens with one attached hydrogen (secondary N) is 1. The zero-order valence-corrected chi connectivity index (χ0v) is 7.73. The first-order valence-electron chi connectivity index (χ1n) is 4.14. The van der Waals surface area contributed by atoms with Crippen LogP contribution in [0.15, 0.2) is 12.3 Å². The lowest BCUT2D eigenvalue weighted by Gasteiger charge is -2.04. The second-order valence-electron chi connectivity index (χ2n) is 2.40. The Kier molecular flexibility index (Phi) is 3.66. The summed E-state index contributed by atoms with van der Waals surface area (Å²) in [5.74, 6) is -0.288. The van der Waals surface area contributed by atoms with Crippen LogP contribution in [0.1, 0.15) is 6.92 Å². The Morgan fingerprint density at radius 3 is 3.14 bits per heavy atom. The summed E-state index contributed by atoms with van der Waals surface area (Å²) in [6, 6.07) is 1.61. The summed E-state index contributed by atoms with van der Waals surface area (Å²) < 4.78 is 5.11. The van der Waals surface area contributed by atoms with E-state index in [1.165, 1.54) is 6.20 Å². The van der Waals surface area contributed by atoms with Crippen LogP contribution in [0.25, 0.3) is 0 Å². The van der Waals surface area contributed by atoms with Crippen LogP contribution in [-0.4, -0.2) is 34.2 Å². The first kappa shape index (κ1) is 10.2. The molecular weight excluding hydrogens is 186 g/mol. The van der Waals surface area contributed by atoms with E-state index in [0.717, 1.165) is 0 Å². The van der Waals surface area contributed by atoms with Crippen molar-refractivity contribution in [3.63, 3.8) is 0 Å². The summed E-state index contributed by atoms with van der Waals surface area (Å²) in [5.41, 5.74) is 0. The average Bonchev–Trinajstić information content (AvgIpc) is 2.16. The van der Waals surface area contributed by atoms with E-state index in [2.05, 4.69) is 15.3 Å². The Labute approximate surface area is 80.9 Å². The van der Waals surface area contributed by atoms with Gasteiger partial charge in [-0.2, -0.15) is 4.98 Å². The predicted octanol–water partition coefficient (Wildman–Crippen LogP) is 0.372. The van der Waals surface area contributed by atoms with Crippen LogP contribution in [0.3, 0.4) is 0 Å². The zero-order chi connectivity index (χ0) is 10.4. The summed E-state index contributed by atoms with van der Waals surface area (Å²) >= 11 is 0. The predicted molar refractivity (Wildman–Crippen MR) is 49.3 cm³/mol. The molecule has 0 saturated heterocycles. The molecule has 76 valence electrons. The van der Waals surface area contributed by atoms with Gasteiger partial charge in [-0.05, 0) is 6.92 Å². The van der Waals surface area contributed by atoms with Gasteiger partial charge in [0, 0.05) is 12.3 Å². The van der Waals surface area contributed by atoms with E-state index in [1.807, 2.05) is 6.92 Å². The largest absolute Gasteiger partial charge is 0.480 e. The summed E-state index contributed by atoms with van der Waals surface area (Å²) in [5, 5.41) is 10.9. The zero-order valence-electron chi connectivity index (χ0n) is 7.73. The number of aromatic nitrogens is 2. The van der Waals surface area contributed by atoms with Gasteiger partial charge in [-0.25, -0.2) is 4.98 Å². The molecule has 0 radical (unpaired) electrons. The van der Waals surface area contributed by atoms with Crippen molar-refractivity contribution in [2.45, 2.75) is 6.92 Å². The molecule has 0 unspecified atom stereocenters. The van der Waals surface area contributed by atoms with Gasteiger partial charge in [0.2, 0.25) is 11.8 Å². The van der Waals surface area contributed by atoms with E-state index < -0.39 is 5.97 Å². The number of carboxylic acids is 1. The number of hydrogen-bond donors (Lipinski definition) is 2. The minimum Gasteiger partial charge on any atom is -0.480 e. The third-order valence-corrected chi connectivity index (χ3v) is 1.32. The molecule has 14 heavy (non-hydrogen) atoms. The van der Waals surface area contributed by atoms with Gasteiger partial charge in [0.15, 0.2) is 0 Å². The van der Waals surface area contributed by atoms with Crippen LogP contribution in [0.5, 0.6) is 5.88 Å². The van der Waals surface area contributed by atoms with Crippen LogP contribution in [-0.2, 0) is 4.79 Å². The maximum atomic E-state index is 10.2. The monoisotopic (exact) mass is 197 g/mol. The Morgan fingerprint density at radius 1 is 1.71 bits per heavy atom. The van der Waals surface area contributed by atoms with E-state index >= 15 is 0 Å². The molecule has 0 amide bonds. The van der Waals surface area contributed by atoms with E-state index in [9.17, 15) is 4.79 Å². The standard InChI is InChI=1S/C8H11N3O3/c1-2-14-6-3-4-9-8(11-6)10-5-7(12)13/h3-4H,2,5H2,1H3,(H,12,13)(H,9,10,11). The van der Waals surface area contributed by atoms with Crippen molar-refractivity contribution < 1.29 is 14.6 Å². The van der Waals surface area contributed by atoms with Crippen molar-refractivity contribution in [1.29, 1.82) is 0 Å². The number of rotatable bonds is 5. The molecule has 0 atom stereocenters. The summed E-state index contributed by atoms with van der Waals surface area (Å²) in [6.45, 7) is 2.14. The van der Waals surface area contributed by atoms with Gasteiger partial charge in [0.1, 0.15) is 6.54 Å². The lowest BCUT2D eigenvalue weighted by Crippen LogP contribution is -2.14. The molecule has 0 fully saturated rings. The van der Waals surface area contributed by atoms with Crippen LogP contribution in [0.2, 0.25) is 0 Å². The molecule has 0 aliphatic rings. The molecule has 1 rings (SSSR count). The highest BCUT2D eigenvalue weighted by Crippen LogP contribution is 2.07. The normalized spacial score (nSPS) is 9.50. The van der Waals surface area contributed by atoms with Crippen molar-refractivity contribution in [1.82, 2.24) is 9.97 Å². The van der Waals surface area contributed by atoms with Gasteiger partial charge in [0.25, 0.3) is 0 Å². The van der Waals surface area contributed by atoms with Crippen LogP contribution in [0, 0.1) is 0 Å². The number of ether oxygens (including phenoxy) is 1. The number of aliphatic carboxylic acids is 1. The quantitative estimate of drug-likeness (QED) is 0.709. The lowest BCUT2D eigenvalue weighted by molar-refractivity contribution is -0.134. The molecule has 1 aromatic rings. The molecule has 0 aliphatic heterocycles. The van der Waals surface area contributed by atoms with Gasteiger partial charge in [-0.3, -0.25) is 4.79 Å². The molecule has 2 N–H and O–H groups in total. The molecule has 0 saturated carbocycles. The third-order valence-electron chi connectivity index (χ3n) is 1.32. The smallest absolute Gasteiger partial charge is 0.322 e. The Bertz CT molecular complexity index is 316. The molecule has 0 aromatic carbocycles. The van der Waals surface area contributed by atoms with E-state index in [-0.39, 0.29) is 12.5 Å². The van der Waals surface area contributed by atoms with Gasteiger partial charge in [0.05, 0.1) is 6.61 Å². The van der Waals surface area contributed by atoms with Gasteiger partial charge in [-0.15, -0.1) is 0 Å². The second kappa shape index (κ2) is 5.00. The number of nitrogens with zero attached hydrogens (tertiary/aromatic N) is 2. The number of carbonyl (C=O) groups is 1. The van der Waals surface area contributed by atoms with Crippen LogP contribution < -0.4 is 10.1 Å². The Hall–Kier alpha value is -1.85. The Morgan fingerprint density at radius 2 is 2.50 bits per heavy atom. The van der Waals surface area contributed by atoms with Crippen molar-refractivity contribution >= 4 is 11.9 Å². The van der Waals surface area contributed by atoms with Crippen molar-refractivity contribution in [2.24, 2.45) is 0 Å². The van der Waals surface area contributed by atoms with Gasteiger partial charge < -0.3 is 15.2 Å². The summed E-state index contributed by atoms with van der Waals surface area (Å²) in [7, 11) is 0. The lowest BCUT2D eigenvalue weighted by atomic mass is 10.6. The fourth-order valence-electron chi connectivity index (χ4n) is 0.810. The third kappa shape index (κ3) is 3.26. The van der Waals surface area contributed by atoms with E-state index in [0.29, 0.717) is 12.5 Å². The first-order valence-corrected chi connectivity index (χ1v) is 4.14. The highest BCUT2D eigenvalue weighted by atomic mass is 16.5. The van der Waals surface area contributed by atoms with Crippen LogP contribution in [0.4, 0.5) is 5.95 Å².